The second-order valence-electron chi connectivity index (χ2n) is 6.21. The van der Waals surface area contributed by atoms with Crippen LogP contribution in [0.4, 0.5) is 0 Å². The zero-order chi connectivity index (χ0) is 12.9. The first-order valence-electron chi connectivity index (χ1n) is 6.54. The third-order valence-corrected chi connectivity index (χ3v) is 3.86. The molecule has 1 aliphatic carbocycles. The summed E-state index contributed by atoms with van der Waals surface area (Å²) in [7, 11) is 0. The van der Waals surface area contributed by atoms with E-state index in [1.165, 1.54) is 5.57 Å². The Kier molecular flexibility index (Phi) is 2.34. The van der Waals surface area contributed by atoms with Gasteiger partial charge in [0.05, 0.1) is 11.9 Å². The van der Waals surface area contributed by atoms with Gasteiger partial charge in [0.2, 0.25) is 0 Å². The van der Waals surface area contributed by atoms with E-state index in [0.717, 1.165) is 5.82 Å². The maximum atomic E-state index is 4.04. The Bertz CT molecular complexity index is 465. The monoisotopic (exact) mass is 243 g/mol. The average Bonchev–Trinajstić information content (AvgIpc) is 2.49. The molecule has 0 amide bonds. The van der Waals surface area contributed by atoms with Crippen molar-refractivity contribution in [2.24, 2.45) is 5.92 Å². The van der Waals surface area contributed by atoms with Crippen LogP contribution in [0.15, 0.2) is 48.5 Å². The molecule has 0 bridgehead atoms. The van der Waals surface area contributed by atoms with Gasteiger partial charge in [-0.1, -0.05) is 30.9 Å². The summed E-state index contributed by atoms with van der Waals surface area (Å²) in [5, 5.41) is 6.92. The second-order valence-corrected chi connectivity index (χ2v) is 6.21. The number of hydrogen-bond acceptors (Lipinski definition) is 3. The van der Waals surface area contributed by atoms with E-state index in [0.29, 0.717) is 18.1 Å². The highest BCUT2D eigenvalue weighted by Crippen LogP contribution is 2.38. The number of rotatable bonds is 0. The van der Waals surface area contributed by atoms with Crippen LogP contribution in [-0.4, -0.2) is 22.6 Å². The fraction of sp³-hybridized carbons (Fsp3) is 0.467. The quantitative estimate of drug-likeness (QED) is 0.682. The number of allylic oxidation sites excluding steroid dienone is 3. The van der Waals surface area contributed by atoms with E-state index in [9.17, 15) is 0 Å². The lowest BCUT2D eigenvalue weighted by Crippen LogP contribution is -2.60. The molecular formula is C15H21N3. The summed E-state index contributed by atoms with van der Waals surface area (Å²) in [4.78, 5) is 2.41. The maximum absolute atomic E-state index is 4.04. The molecule has 0 saturated carbocycles. The molecule has 0 spiro atoms. The van der Waals surface area contributed by atoms with Crippen LogP contribution >= 0.6 is 0 Å². The van der Waals surface area contributed by atoms with Gasteiger partial charge in [0.1, 0.15) is 6.17 Å². The lowest BCUT2D eigenvalue weighted by Gasteiger charge is -2.45. The van der Waals surface area contributed by atoms with E-state index in [-0.39, 0.29) is 5.54 Å². The minimum absolute atomic E-state index is 0.108. The topological polar surface area (TPSA) is 27.3 Å². The van der Waals surface area contributed by atoms with Crippen molar-refractivity contribution in [2.75, 3.05) is 0 Å². The van der Waals surface area contributed by atoms with Crippen molar-refractivity contribution in [3.8, 4) is 0 Å². The van der Waals surface area contributed by atoms with Gasteiger partial charge in [0, 0.05) is 17.7 Å². The van der Waals surface area contributed by atoms with Gasteiger partial charge in [0.15, 0.2) is 0 Å². The van der Waals surface area contributed by atoms with E-state index in [1.807, 2.05) is 0 Å². The van der Waals surface area contributed by atoms with Crippen LogP contribution in [-0.2, 0) is 0 Å². The molecular weight excluding hydrogens is 222 g/mol. The summed E-state index contributed by atoms with van der Waals surface area (Å²) >= 11 is 0. The fourth-order valence-electron chi connectivity index (χ4n) is 3.04. The van der Waals surface area contributed by atoms with E-state index in [2.05, 4.69) is 73.4 Å². The van der Waals surface area contributed by atoms with Crippen LogP contribution in [0.5, 0.6) is 0 Å². The molecule has 1 saturated heterocycles. The highest BCUT2D eigenvalue weighted by Gasteiger charge is 2.45. The lowest BCUT2D eigenvalue weighted by atomic mass is 9.89. The van der Waals surface area contributed by atoms with Crippen LogP contribution < -0.4 is 10.6 Å². The van der Waals surface area contributed by atoms with Gasteiger partial charge >= 0.3 is 0 Å². The summed E-state index contributed by atoms with van der Waals surface area (Å²) in [5.41, 5.74) is 1.49. The van der Waals surface area contributed by atoms with Gasteiger partial charge in [-0.3, -0.25) is 0 Å². The first kappa shape index (κ1) is 11.5. The number of hydrogen-bond donors (Lipinski definition) is 2. The predicted octanol–water partition coefficient (Wildman–Crippen LogP) is 2.09. The first-order chi connectivity index (χ1) is 8.47. The second kappa shape index (κ2) is 3.67. The molecule has 3 heteroatoms. The molecule has 2 heterocycles. The Labute approximate surface area is 109 Å². The van der Waals surface area contributed by atoms with Gasteiger partial charge in [-0.15, -0.1) is 0 Å². The molecule has 2 N–H and O–H groups in total. The number of nitrogens with zero attached hydrogens (tertiary/aromatic N) is 1. The molecule has 0 aromatic heterocycles. The minimum atomic E-state index is 0.108. The van der Waals surface area contributed by atoms with Crippen LogP contribution in [0.3, 0.4) is 0 Å². The standard InChI is InChI=1S/C15H21N3/c1-10-16-12-8-6-5-7-11-9-18(15(2,3)4)14(17-10)13(11)12/h5-9,12-14,16-17H,1H2,2-4H3. The van der Waals surface area contributed by atoms with Crippen molar-refractivity contribution in [1.29, 1.82) is 0 Å². The van der Waals surface area contributed by atoms with Crippen molar-refractivity contribution >= 4 is 0 Å². The van der Waals surface area contributed by atoms with Crippen LogP contribution in [0.1, 0.15) is 20.8 Å². The van der Waals surface area contributed by atoms with Crippen molar-refractivity contribution in [2.45, 2.75) is 38.5 Å². The molecule has 0 radical (unpaired) electrons. The molecule has 2 aliphatic heterocycles. The average molecular weight is 243 g/mol. The molecule has 3 unspecified atom stereocenters. The van der Waals surface area contributed by atoms with Gasteiger partial charge in [0.25, 0.3) is 0 Å². The summed E-state index contributed by atoms with van der Waals surface area (Å²) in [5.74, 6) is 1.36. The zero-order valence-corrected chi connectivity index (χ0v) is 11.3. The third-order valence-electron chi connectivity index (χ3n) is 3.86. The highest BCUT2D eigenvalue weighted by atomic mass is 15.4. The Morgan fingerprint density at radius 2 is 2.00 bits per heavy atom. The Morgan fingerprint density at radius 1 is 1.22 bits per heavy atom. The molecule has 18 heavy (non-hydrogen) atoms. The largest absolute Gasteiger partial charge is 0.365 e. The molecule has 96 valence electrons. The van der Waals surface area contributed by atoms with Crippen molar-refractivity contribution in [3.05, 3.63) is 48.5 Å². The highest BCUT2D eigenvalue weighted by molar-refractivity contribution is 5.38. The smallest absolute Gasteiger partial charge is 0.109 e. The first-order valence-corrected chi connectivity index (χ1v) is 6.54. The Hall–Kier alpha value is -1.64. The van der Waals surface area contributed by atoms with E-state index in [4.69, 9.17) is 0 Å². The fourth-order valence-corrected chi connectivity index (χ4v) is 3.04. The van der Waals surface area contributed by atoms with Crippen LogP contribution in [0.2, 0.25) is 0 Å². The zero-order valence-electron chi connectivity index (χ0n) is 11.3. The Morgan fingerprint density at radius 3 is 2.72 bits per heavy atom. The molecule has 3 rings (SSSR count). The summed E-state index contributed by atoms with van der Waals surface area (Å²) in [6.45, 7) is 10.8. The molecule has 3 atom stereocenters. The predicted molar refractivity (Wildman–Crippen MR) is 74.4 cm³/mol. The van der Waals surface area contributed by atoms with E-state index in [1.54, 1.807) is 0 Å². The summed E-state index contributed by atoms with van der Waals surface area (Å²) < 4.78 is 0. The molecule has 3 aliphatic rings. The normalized spacial score (nSPS) is 33.5. The SMILES string of the molecule is C=C1NC2C=CC=CC3=CN(C(C)(C)C)C(N1)C32. The van der Waals surface area contributed by atoms with Crippen molar-refractivity contribution in [1.82, 2.24) is 15.5 Å². The molecule has 1 fully saturated rings. The maximum Gasteiger partial charge on any atom is 0.109 e. The van der Waals surface area contributed by atoms with E-state index >= 15 is 0 Å². The van der Waals surface area contributed by atoms with Gasteiger partial charge in [-0.25, -0.2) is 0 Å². The van der Waals surface area contributed by atoms with Gasteiger partial charge in [-0.2, -0.15) is 0 Å². The minimum Gasteiger partial charge on any atom is -0.365 e. The van der Waals surface area contributed by atoms with Crippen LogP contribution in [0.25, 0.3) is 0 Å². The van der Waals surface area contributed by atoms with Crippen molar-refractivity contribution in [3.63, 3.8) is 0 Å². The molecule has 0 aromatic rings. The molecule has 3 nitrogen and oxygen atoms in total. The van der Waals surface area contributed by atoms with Gasteiger partial charge in [-0.05, 0) is 26.3 Å². The Balaban J connectivity index is 2.03. The summed E-state index contributed by atoms with van der Waals surface area (Å²) in [6.07, 6.45) is 11.3. The van der Waals surface area contributed by atoms with Gasteiger partial charge < -0.3 is 15.5 Å². The summed E-state index contributed by atoms with van der Waals surface area (Å²) in [6, 6.07) is 0.331. The third kappa shape index (κ3) is 1.65. The van der Waals surface area contributed by atoms with Crippen molar-refractivity contribution < 1.29 is 0 Å². The van der Waals surface area contributed by atoms with E-state index < -0.39 is 0 Å². The molecule has 0 aromatic carbocycles. The van der Waals surface area contributed by atoms with Crippen LogP contribution in [0, 0.1) is 5.92 Å². The number of nitrogens with one attached hydrogen (secondary N) is 2. The lowest BCUT2D eigenvalue weighted by molar-refractivity contribution is 0.0979.